The second-order valence-electron chi connectivity index (χ2n) is 3.93. The molecule has 0 aliphatic rings. The van der Waals surface area contributed by atoms with Crippen molar-refractivity contribution in [3.63, 3.8) is 0 Å². The van der Waals surface area contributed by atoms with E-state index in [1.165, 1.54) is 12.5 Å². The lowest BCUT2D eigenvalue weighted by Gasteiger charge is -2.12. The average Bonchev–Trinajstić information content (AvgIpc) is 2.89. The van der Waals surface area contributed by atoms with E-state index in [2.05, 4.69) is 10.3 Å². The van der Waals surface area contributed by atoms with Gasteiger partial charge in [0.1, 0.15) is 6.26 Å². The van der Waals surface area contributed by atoms with Crippen LogP contribution < -0.4 is 5.32 Å². The fourth-order valence-corrected chi connectivity index (χ4v) is 1.61. The van der Waals surface area contributed by atoms with Crippen molar-refractivity contribution in [3.05, 3.63) is 58.3 Å². The molecule has 1 aromatic heterocycles. The van der Waals surface area contributed by atoms with Gasteiger partial charge in [0.15, 0.2) is 6.39 Å². The van der Waals surface area contributed by atoms with Gasteiger partial charge in [0.2, 0.25) is 0 Å². The monoisotopic (exact) mass is 247 g/mol. The summed E-state index contributed by atoms with van der Waals surface area (Å²) in [6.45, 7) is 2.50. The first-order valence-corrected chi connectivity index (χ1v) is 5.51. The third-order valence-electron chi connectivity index (χ3n) is 2.65. The predicted molar refractivity (Wildman–Crippen MR) is 64.9 cm³/mol. The van der Waals surface area contributed by atoms with Crippen LogP contribution >= 0.6 is 0 Å². The fourth-order valence-electron chi connectivity index (χ4n) is 1.61. The first-order valence-electron chi connectivity index (χ1n) is 5.51. The molecule has 6 heteroatoms. The summed E-state index contributed by atoms with van der Waals surface area (Å²) >= 11 is 0. The number of hydrogen-bond donors (Lipinski definition) is 1. The highest BCUT2D eigenvalue weighted by Crippen LogP contribution is 2.19. The molecule has 1 aromatic carbocycles. The Morgan fingerprint density at radius 2 is 2.39 bits per heavy atom. The van der Waals surface area contributed by atoms with Crippen molar-refractivity contribution < 1.29 is 9.34 Å². The maximum Gasteiger partial charge on any atom is 0.269 e. The van der Waals surface area contributed by atoms with Gasteiger partial charge in [0.05, 0.1) is 10.6 Å². The van der Waals surface area contributed by atoms with Crippen molar-refractivity contribution in [3.8, 4) is 0 Å². The van der Waals surface area contributed by atoms with Gasteiger partial charge in [0.25, 0.3) is 5.69 Å². The van der Waals surface area contributed by atoms with Crippen LogP contribution in [-0.4, -0.2) is 9.91 Å². The molecule has 2 rings (SSSR count). The number of non-ortho nitro benzene ring substituents is 1. The largest absolute Gasteiger partial charge is 0.451 e. The van der Waals surface area contributed by atoms with Crippen LogP contribution in [0.15, 0.2) is 41.3 Å². The zero-order valence-corrected chi connectivity index (χ0v) is 9.87. The van der Waals surface area contributed by atoms with E-state index in [0.29, 0.717) is 6.54 Å². The number of hydrogen-bond acceptors (Lipinski definition) is 5. The Kier molecular flexibility index (Phi) is 3.69. The number of oxazole rings is 1. The molecule has 0 aliphatic heterocycles. The second kappa shape index (κ2) is 5.42. The minimum Gasteiger partial charge on any atom is -0.451 e. The first kappa shape index (κ1) is 12.3. The van der Waals surface area contributed by atoms with Gasteiger partial charge in [-0.1, -0.05) is 12.1 Å². The summed E-state index contributed by atoms with van der Waals surface area (Å²) in [5, 5.41) is 13.9. The molecule has 6 nitrogen and oxygen atoms in total. The molecular weight excluding hydrogens is 234 g/mol. The van der Waals surface area contributed by atoms with Gasteiger partial charge >= 0.3 is 0 Å². The Morgan fingerprint density at radius 3 is 3.06 bits per heavy atom. The maximum absolute atomic E-state index is 10.7. The molecule has 94 valence electrons. The van der Waals surface area contributed by atoms with E-state index in [4.69, 9.17) is 4.42 Å². The molecule has 0 amide bonds. The third-order valence-corrected chi connectivity index (χ3v) is 2.65. The maximum atomic E-state index is 10.7. The van der Waals surface area contributed by atoms with Gasteiger partial charge in [0, 0.05) is 24.7 Å². The van der Waals surface area contributed by atoms with Gasteiger partial charge in [-0.15, -0.1) is 0 Å². The minimum absolute atomic E-state index is 0.00148. The molecule has 0 spiro atoms. The smallest absolute Gasteiger partial charge is 0.269 e. The number of aromatic nitrogens is 1. The van der Waals surface area contributed by atoms with E-state index in [0.717, 1.165) is 11.3 Å². The molecule has 1 N–H and O–H groups in total. The Hall–Kier alpha value is -2.21. The molecular formula is C12H13N3O3. The van der Waals surface area contributed by atoms with Crippen LogP contribution in [0.25, 0.3) is 0 Å². The van der Waals surface area contributed by atoms with E-state index < -0.39 is 4.92 Å². The topological polar surface area (TPSA) is 81.2 Å². The van der Waals surface area contributed by atoms with Gasteiger partial charge in [-0.25, -0.2) is 4.98 Å². The summed E-state index contributed by atoms with van der Waals surface area (Å²) in [5.74, 6) is 0. The second-order valence-corrected chi connectivity index (χ2v) is 3.93. The third kappa shape index (κ3) is 2.92. The standard InChI is InChI=1S/C12H13N3O3/c1-9(13-6-11-7-18-8-14-11)10-3-2-4-12(5-10)15(16)17/h2-5,7-9,13H,6H2,1H3. The van der Waals surface area contributed by atoms with E-state index in [-0.39, 0.29) is 11.7 Å². The molecule has 0 saturated carbocycles. The Balaban J connectivity index is 2.02. The van der Waals surface area contributed by atoms with Crippen molar-refractivity contribution in [2.24, 2.45) is 0 Å². The van der Waals surface area contributed by atoms with E-state index in [1.54, 1.807) is 18.4 Å². The van der Waals surface area contributed by atoms with Crippen molar-refractivity contribution in [2.75, 3.05) is 0 Å². The Morgan fingerprint density at radius 1 is 1.56 bits per heavy atom. The zero-order chi connectivity index (χ0) is 13.0. The predicted octanol–water partition coefficient (Wildman–Crippen LogP) is 2.43. The van der Waals surface area contributed by atoms with Crippen molar-refractivity contribution in [1.29, 1.82) is 0 Å². The van der Waals surface area contributed by atoms with Crippen LogP contribution in [0.1, 0.15) is 24.2 Å². The average molecular weight is 247 g/mol. The summed E-state index contributed by atoms with van der Waals surface area (Å²) in [6, 6.07) is 6.59. The van der Waals surface area contributed by atoms with Gasteiger partial charge in [-0.05, 0) is 12.5 Å². The summed E-state index contributed by atoms with van der Waals surface area (Å²) in [5.41, 5.74) is 1.77. The van der Waals surface area contributed by atoms with Crippen molar-refractivity contribution >= 4 is 5.69 Å². The molecule has 1 unspecified atom stereocenters. The number of nitrogens with one attached hydrogen (secondary N) is 1. The van der Waals surface area contributed by atoms with Crippen LogP contribution in [0.4, 0.5) is 5.69 Å². The quantitative estimate of drug-likeness (QED) is 0.648. The number of benzene rings is 1. The van der Waals surface area contributed by atoms with Crippen LogP contribution in [0.2, 0.25) is 0 Å². The highest BCUT2D eigenvalue weighted by atomic mass is 16.6. The molecule has 2 aromatic rings. The highest BCUT2D eigenvalue weighted by molar-refractivity contribution is 5.35. The van der Waals surface area contributed by atoms with E-state index >= 15 is 0 Å². The number of nitro groups is 1. The van der Waals surface area contributed by atoms with Crippen LogP contribution in [0.5, 0.6) is 0 Å². The Labute approximate surface area is 104 Å². The lowest BCUT2D eigenvalue weighted by atomic mass is 10.1. The molecule has 1 atom stereocenters. The first-order chi connectivity index (χ1) is 8.66. The van der Waals surface area contributed by atoms with E-state index in [1.807, 2.05) is 13.0 Å². The number of nitro benzene ring substituents is 1. The molecule has 0 radical (unpaired) electrons. The summed E-state index contributed by atoms with van der Waals surface area (Å²) in [7, 11) is 0. The Bertz CT molecular complexity index is 525. The molecule has 0 bridgehead atoms. The van der Waals surface area contributed by atoms with E-state index in [9.17, 15) is 10.1 Å². The summed E-state index contributed by atoms with van der Waals surface area (Å²) < 4.78 is 4.86. The molecule has 18 heavy (non-hydrogen) atoms. The van der Waals surface area contributed by atoms with Crippen molar-refractivity contribution in [2.45, 2.75) is 19.5 Å². The van der Waals surface area contributed by atoms with Gasteiger partial charge in [-0.2, -0.15) is 0 Å². The molecule has 0 fully saturated rings. The lowest BCUT2D eigenvalue weighted by molar-refractivity contribution is -0.384. The number of rotatable bonds is 5. The summed E-state index contributed by atoms with van der Waals surface area (Å²) in [6.07, 6.45) is 2.93. The molecule has 1 heterocycles. The van der Waals surface area contributed by atoms with Gasteiger partial charge in [-0.3, -0.25) is 10.1 Å². The summed E-state index contributed by atoms with van der Waals surface area (Å²) in [4.78, 5) is 14.3. The SMILES string of the molecule is CC(NCc1cocn1)c1cccc([N+](=O)[O-])c1. The van der Waals surface area contributed by atoms with Crippen LogP contribution in [0, 0.1) is 10.1 Å². The van der Waals surface area contributed by atoms with Crippen LogP contribution in [-0.2, 0) is 6.54 Å². The van der Waals surface area contributed by atoms with Gasteiger partial charge < -0.3 is 9.73 Å². The highest BCUT2D eigenvalue weighted by Gasteiger charge is 2.10. The van der Waals surface area contributed by atoms with Crippen molar-refractivity contribution in [1.82, 2.24) is 10.3 Å². The zero-order valence-electron chi connectivity index (χ0n) is 9.87. The number of nitrogens with zero attached hydrogens (tertiary/aromatic N) is 2. The minimum atomic E-state index is -0.395. The fraction of sp³-hybridized carbons (Fsp3) is 0.250. The normalized spacial score (nSPS) is 12.3. The molecule has 0 saturated heterocycles. The van der Waals surface area contributed by atoms with Crippen LogP contribution in [0.3, 0.4) is 0 Å². The lowest BCUT2D eigenvalue weighted by Crippen LogP contribution is -2.18. The molecule has 0 aliphatic carbocycles.